The van der Waals surface area contributed by atoms with Crippen molar-refractivity contribution in [2.24, 2.45) is 0 Å². The molecule has 0 unspecified atom stereocenters. The maximum atomic E-state index is 5.19. The highest BCUT2D eigenvalue weighted by molar-refractivity contribution is 9.10. The summed E-state index contributed by atoms with van der Waals surface area (Å²) in [4.78, 5) is 5.19. The van der Waals surface area contributed by atoms with Gasteiger partial charge in [0.05, 0.1) is 35.5 Å². The molecule has 0 atom stereocenters. The maximum Gasteiger partial charge on any atom is 0.143 e. The van der Waals surface area contributed by atoms with Crippen LogP contribution in [0.1, 0.15) is 5.69 Å². The monoisotopic (exact) mass is 531 g/mol. The van der Waals surface area contributed by atoms with Gasteiger partial charge in [0.2, 0.25) is 0 Å². The SMILES string of the molecule is Brc1ccc(-c2nc3n(c2-c2ccc(Br)cc2)Cc2cnnn2-c2ccccc2-3)cc1. The molecule has 1 aliphatic heterocycles. The lowest BCUT2D eigenvalue weighted by atomic mass is 10.0. The highest BCUT2D eigenvalue weighted by atomic mass is 79.9. The fourth-order valence-corrected chi connectivity index (χ4v) is 4.63. The number of aromatic nitrogens is 5. The molecule has 0 amide bonds. The van der Waals surface area contributed by atoms with Gasteiger partial charge < -0.3 is 4.57 Å². The molecule has 2 aromatic heterocycles. The van der Waals surface area contributed by atoms with Crippen LogP contribution in [0.3, 0.4) is 0 Å². The molecule has 150 valence electrons. The lowest BCUT2D eigenvalue weighted by molar-refractivity contribution is 0.730. The van der Waals surface area contributed by atoms with Crippen molar-refractivity contribution >= 4 is 31.9 Å². The molecule has 5 nitrogen and oxygen atoms in total. The summed E-state index contributed by atoms with van der Waals surface area (Å²) in [6.45, 7) is 0.631. The van der Waals surface area contributed by atoms with Crippen molar-refractivity contribution < 1.29 is 0 Å². The van der Waals surface area contributed by atoms with Crippen LogP contribution in [0, 0.1) is 0 Å². The molecule has 1 aliphatic rings. The van der Waals surface area contributed by atoms with E-state index in [4.69, 9.17) is 4.98 Å². The van der Waals surface area contributed by atoms with E-state index in [2.05, 4.69) is 107 Å². The van der Waals surface area contributed by atoms with Crippen LogP contribution < -0.4 is 0 Å². The summed E-state index contributed by atoms with van der Waals surface area (Å²) >= 11 is 7.10. The van der Waals surface area contributed by atoms with E-state index in [1.807, 2.05) is 23.0 Å². The smallest absolute Gasteiger partial charge is 0.143 e. The van der Waals surface area contributed by atoms with Crippen LogP contribution >= 0.6 is 31.9 Å². The number of halogens is 2. The number of benzene rings is 3. The van der Waals surface area contributed by atoms with Crippen molar-refractivity contribution in [3.8, 4) is 39.6 Å². The number of nitrogens with zero attached hydrogens (tertiary/aromatic N) is 5. The van der Waals surface area contributed by atoms with Crippen molar-refractivity contribution in [2.75, 3.05) is 0 Å². The Kier molecular flexibility index (Phi) is 4.40. The molecular weight excluding hydrogens is 518 g/mol. The summed E-state index contributed by atoms with van der Waals surface area (Å²) in [5.41, 5.74) is 7.26. The summed E-state index contributed by atoms with van der Waals surface area (Å²) in [5, 5.41) is 8.51. The van der Waals surface area contributed by atoms with E-state index >= 15 is 0 Å². The van der Waals surface area contributed by atoms with E-state index in [1.54, 1.807) is 0 Å². The zero-order valence-electron chi connectivity index (χ0n) is 16.2. The van der Waals surface area contributed by atoms with Crippen LogP contribution in [0.4, 0.5) is 0 Å². The van der Waals surface area contributed by atoms with Gasteiger partial charge in [-0.05, 0) is 36.4 Å². The summed E-state index contributed by atoms with van der Waals surface area (Å²) < 4.78 is 6.28. The summed E-state index contributed by atoms with van der Waals surface area (Å²) in [6.07, 6.45) is 1.83. The minimum Gasteiger partial charge on any atom is -0.317 e. The predicted octanol–water partition coefficient (Wildman–Crippen LogP) is 6.35. The highest BCUT2D eigenvalue weighted by Gasteiger charge is 2.27. The number of para-hydroxylation sites is 1. The van der Waals surface area contributed by atoms with Crippen LogP contribution in [-0.4, -0.2) is 24.5 Å². The zero-order valence-corrected chi connectivity index (χ0v) is 19.4. The molecule has 0 aliphatic carbocycles. The van der Waals surface area contributed by atoms with Crippen LogP contribution in [-0.2, 0) is 6.54 Å². The van der Waals surface area contributed by atoms with E-state index in [0.717, 1.165) is 54.2 Å². The molecule has 7 heteroatoms. The van der Waals surface area contributed by atoms with Gasteiger partial charge in [0.1, 0.15) is 5.82 Å². The van der Waals surface area contributed by atoms with Crippen molar-refractivity contribution in [2.45, 2.75) is 6.54 Å². The maximum absolute atomic E-state index is 5.19. The standard InChI is InChI=1S/C24H15Br2N5/c25-17-9-5-15(6-10-17)22-23(16-7-11-18(26)12-8-16)30-14-19-13-27-29-31(19)21-4-2-1-3-20(21)24(30)28-22/h1-13H,14H2. The van der Waals surface area contributed by atoms with Crippen molar-refractivity contribution in [3.63, 3.8) is 0 Å². The average molecular weight is 533 g/mol. The van der Waals surface area contributed by atoms with Gasteiger partial charge in [-0.3, -0.25) is 0 Å². The summed E-state index contributed by atoms with van der Waals surface area (Å²) in [5.74, 6) is 0.928. The first-order valence-electron chi connectivity index (χ1n) is 9.81. The Morgan fingerprint density at radius 3 is 2.19 bits per heavy atom. The third-order valence-corrected chi connectivity index (χ3v) is 6.57. The molecule has 31 heavy (non-hydrogen) atoms. The molecular formula is C24H15Br2N5. The second-order valence-corrected chi connectivity index (χ2v) is 9.22. The van der Waals surface area contributed by atoms with Crippen LogP contribution in [0.25, 0.3) is 39.6 Å². The second kappa shape index (κ2) is 7.28. The van der Waals surface area contributed by atoms with Gasteiger partial charge in [-0.2, -0.15) is 0 Å². The molecule has 0 N–H and O–H groups in total. The fraction of sp³-hybridized carbons (Fsp3) is 0.0417. The first-order valence-corrected chi connectivity index (χ1v) is 11.4. The molecule has 0 fully saturated rings. The van der Waals surface area contributed by atoms with Gasteiger partial charge in [0.25, 0.3) is 0 Å². The Labute approximate surface area is 195 Å². The second-order valence-electron chi connectivity index (χ2n) is 7.39. The normalized spacial score (nSPS) is 12.1. The molecule has 0 spiro atoms. The topological polar surface area (TPSA) is 48.5 Å². The molecule has 5 aromatic rings. The van der Waals surface area contributed by atoms with Gasteiger partial charge >= 0.3 is 0 Å². The number of rotatable bonds is 2. The molecule has 0 saturated carbocycles. The number of hydrogen-bond donors (Lipinski definition) is 0. The van der Waals surface area contributed by atoms with E-state index in [9.17, 15) is 0 Å². The Morgan fingerprint density at radius 2 is 1.45 bits per heavy atom. The molecule has 3 heterocycles. The van der Waals surface area contributed by atoms with Gasteiger partial charge in [-0.25, -0.2) is 9.67 Å². The molecule has 6 rings (SSSR count). The van der Waals surface area contributed by atoms with E-state index in [1.165, 1.54) is 0 Å². The van der Waals surface area contributed by atoms with E-state index in [-0.39, 0.29) is 0 Å². The fourth-order valence-electron chi connectivity index (χ4n) is 4.10. The van der Waals surface area contributed by atoms with E-state index < -0.39 is 0 Å². The summed E-state index contributed by atoms with van der Waals surface area (Å²) in [7, 11) is 0. The van der Waals surface area contributed by atoms with Gasteiger partial charge in [0.15, 0.2) is 0 Å². The first-order chi connectivity index (χ1) is 15.2. The number of fused-ring (bicyclic) bond motifs is 5. The minimum absolute atomic E-state index is 0.631. The van der Waals surface area contributed by atoms with Gasteiger partial charge in [0, 0.05) is 25.6 Å². The lowest BCUT2D eigenvalue weighted by Crippen LogP contribution is -2.05. The van der Waals surface area contributed by atoms with Crippen molar-refractivity contribution in [1.29, 1.82) is 0 Å². The van der Waals surface area contributed by atoms with Gasteiger partial charge in [-0.1, -0.05) is 73.5 Å². The minimum atomic E-state index is 0.631. The molecule has 3 aromatic carbocycles. The van der Waals surface area contributed by atoms with Crippen LogP contribution in [0.15, 0.2) is 87.9 Å². The van der Waals surface area contributed by atoms with Gasteiger partial charge in [-0.15, -0.1) is 5.10 Å². The van der Waals surface area contributed by atoms with Crippen LogP contribution in [0.2, 0.25) is 0 Å². The predicted molar refractivity (Wildman–Crippen MR) is 128 cm³/mol. The lowest BCUT2D eigenvalue weighted by Gasteiger charge is -2.11. The van der Waals surface area contributed by atoms with Crippen molar-refractivity contribution in [3.05, 3.63) is 93.6 Å². The molecule has 0 saturated heterocycles. The highest BCUT2D eigenvalue weighted by Crippen LogP contribution is 2.40. The third kappa shape index (κ3) is 3.07. The Balaban J connectivity index is 1.69. The third-order valence-electron chi connectivity index (χ3n) is 5.52. The Hall–Kier alpha value is -3.03. The molecule has 0 radical (unpaired) electrons. The summed E-state index contributed by atoms with van der Waals surface area (Å²) in [6, 6.07) is 24.9. The Bertz CT molecular complexity index is 1420. The number of imidazole rings is 1. The van der Waals surface area contributed by atoms with Crippen molar-refractivity contribution in [1.82, 2.24) is 24.5 Å². The first kappa shape index (κ1) is 18.7. The van der Waals surface area contributed by atoms with Crippen LogP contribution in [0.5, 0.6) is 0 Å². The molecule has 0 bridgehead atoms. The average Bonchev–Trinajstić information content (AvgIpc) is 3.38. The largest absolute Gasteiger partial charge is 0.317 e. The van der Waals surface area contributed by atoms with E-state index in [0.29, 0.717) is 6.54 Å². The number of hydrogen-bond acceptors (Lipinski definition) is 3. The quantitative estimate of drug-likeness (QED) is 0.261. The Morgan fingerprint density at radius 1 is 0.774 bits per heavy atom. The zero-order chi connectivity index (χ0) is 20.9.